The van der Waals surface area contributed by atoms with Gasteiger partial charge < -0.3 is 5.32 Å². The van der Waals surface area contributed by atoms with Gasteiger partial charge in [0.25, 0.3) is 0 Å². The topological polar surface area (TPSA) is 56.1 Å². The number of carbonyl (C=O) groups is 1. The summed E-state index contributed by atoms with van der Waals surface area (Å²) in [6.45, 7) is 0.723. The third kappa shape index (κ3) is 4.46. The highest BCUT2D eigenvalue weighted by molar-refractivity contribution is 7.14. The van der Waals surface area contributed by atoms with E-state index in [1.165, 1.54) is 11.3 Å². The molecule has 1 N–H and O–H groups in total. The zero-order valence-corrected chi connectivity index (χ0v) is 14.1. The second-order valence-corrected chi connectivity index (χ2v) is 6.49. The van der Waals surface area contributed by atoms with Crippen molar-refractivity contribution < 1.29 is 4.79 Å². The maximum atomic E-state index is 12.0. The SMILES string of the molecule is CN(CC(=O)Nc1sccc1C#N)Cc1ccc(Cl)cc1Cl. The molecule has 22 heavy (non-hydrogen) atoms. The summed E-state index contributed by atoms with van der Waals surface area (Å²) < 4.78 is 0. The van der Waals surface area contributed by atoms with Crippen molar-refractivity contribution in [2.24, 2.45) is 0 Å². The summed E-state index contributed by atoms with van der Waals surface area (Å²) in [5.74, 6) is -0.175. The smallest absolute Gasteiger partial charge is 0.239 e. The summed E-state index contributed by atoms with van der Waals surface area (Å²) in [6.07, 6.45) is 0. The minimum absolute atomic E-state index is 0.175. The van der Waals surface area contributed by atoms with Crippen LogP contribution in [0, 0.1) is 11.3 Å². The molecule has 7 heteroatoms. The van der Waals surface area contributed by atoms with Crippen LogP contribution in [0.5, 0.6) is 0 Å². The van der Waals surface area contributed by atoms with E-state index in [1.54, 1.807) is 23.6 Å². The predicted octanol–water partition coefficient (Wildman–Crippen LogP) is 4.00. The maximum absolute atomic E-state index is 12.0. The van der Waals surface area contributed by atoms with E-state index in [4.69, 9.17) is 28.5 Å². The third-order valence-corrected chi connectivity index (χ3v) is 4.32. The first-order valence-corrected chi connectivity index (χ1v) is 8.03. The Morgan fingerprint density at radius 2 is 2.18 bits per heavy atom. The molecule has 0 spiro atoms. The lowest BCUT2D eigenvalue weighted by atomic mass is 10.2. The van der Waals surface area contributed by atoms with Crippen LogP contribution in [0.15, 0.2) is 29.6 Å². The fourth-order valence-electron chi connectivity index (χ4n) is 1.90. The Labute approximate surface area is 142 Å². The molecule has 2 rings (SSSR count). The summed E-state index contributed by atoms with van der Waals surface area (Å²) in [5, 5.41) is 15.2. The van der Waals surface area contributed by atoms with Gasteiger partial charge in [-0.3, -0.25) is 9.69 Å². The van der Waals surface area contributed by atoms with Crippen LogP contribution < -0.4 is 5.32 Å². The largest absolute Gasteiger partial charge is 0.315 e. The van der Waals surface area contributed by atoms with Crippen LogP contribution in [0.25, 0.3) is 0 Å². The molecular weight excluding hydrogens is 341 g/mol. The Balaban J connectivity index is 1.93. The van der Waals surface area contributed by atoms with Crippen molar-refractivity contribution in [1.82, 2.24) is 4.90 Å². The lowest BCUT2D eigenvalue weighted by molar-refractivity contribution is -0.117. The first-order valence-electron chi connectivity index (χ1n) is 6.39. The molecule has 0 fully saturated rings. The van der Waals surface area contributed by atoms with Crippen LogP contribution in [-0.4, -0.2) is 24.4 Å². The molecule has 0 saturated carbocycles. The number of thiophene rings is 1. The quantitative estimate of drug-likeness (QED) is 0.883. The Morgan fingerprint density at radius 3 is 2.86 bits per heavy atom. The van der Waals surface area contributed by atoms with Crippen molar-refractivity contribution in [2.45, 2.75) is 6.54 Å². The first kappa shape index (κ1) is 16.8. The van der Waals surface area contributed by atoms with E-state index in [9.17, 15) is 4.79 Å². The molecule has 2 aromatic rings. The van der Waals surface area contributed by atoms with Crippen LogP contribution in [-0.2, 0) is 11.3 Å². The summed E-state index contributed by atoms with van der Waals surface area (Å²) in [4.78, 5) is 13.8. The van der Waals surface area contributed by atoms with E-state index in [1.807, 2.05) is 24.1 Å². The Hall–Kier alpha value is -1.58. The normalized spacial score (nSPS) is 10.5. The minimum atomic E-state index is -0.175. The standard InChI is InChI=1S/C15H13Cl2N3OS/c1-20(8-11-2-3-12(16)6-13(11)17)9-14(21)19-15-10(7-18)4-5-22-15/h2-6H,8-9H2,1H3,(H,19,21). The highest BCUT2D eigenvalue weighted by Crippen LogP contribution is 2.23. The second kappa shape index (κ2) is 7.61. The number of carbonyl (C=O) groups excluding carboxylic acids is 1. The molecule has 0 radical (unpaired) electrons. The number of benzene rings is 1. The molecular formula is C15H13Cl2N3OS. The van der Waals surface area contributed by atoms with Gasteiger partial charge in [0.05, 0.1) is 12.1 Å². The van der Waals surface area contributed by atoms with Crippen molar-refractivity contribution in [1.29, 1.82) is 5.26 Å². The molecule has 1 amide bonds. The molecule has 1 aromatic carbocycles. The lowest BCUT2D eigenvalue weighted by Gasteiger charge is -2.17. The molecule has 0 aliphatic carbocycles. The summed E-state index contributed by atoms with van der Waals surface area (Å²) in [7, 11) is 1.82. The number of hydrogen-bond acceptors (Lipinski definition) is 4. The number of halogens is 2. The molecule has 1 heterocycles. The van der Waals surface area contributed by atoms with Gasteiger partial charge >= 0.3 is 0 Å². The number of nitriles is 1. The van der Waals surface area contributed by atoms with E-state index in [-0.39, 0.29) is 12.5 Å². The van der Waals surface area contributed by atoms with Gasteiger partial charge in [-0.15, -0.1) is 11.3 Å². The van der Waals surface area contributed by atoms with Crippen LogP contribution in [0.4, 0.5) is 5.00 Å². The molecule has 0 bridgehead atoms. The van der Waals surface area contributed by atoms with Crippen molar-refractivity contribution >= 4 is 45.4 Å². The van der Waals surface area contributed by atoms with Crippen LogP contribution >= 0.6 is 34.5 Å². The van der Waals surface area contributed by atoms with Gasteiger partial charge in [0.2, 0.25) is 5.91 Å². The number of nitrogens with one attached hydrogen (secondary N) is 1. The number of hydrogen-bond donors (Lipinski definition) is 1. The van der Waals surface area contributed by atoms with Gasteiger partial charge in [0.1, 0.15) is 11.1 Å². The van der Waals surface area contributed by atoms with Crippen LogP contribution in [0.3, 0.4) is 0 Å². The van der Waals surface area contributed by atoms with Crippen molar-refractivity contribution in [2.75, 3.05) is 18.9 Å². The minimum Gasteiger partial charge on any atom is -0.315 e. The number of rotatable bonds is 5. The molecule has 1 aromatic heterocycles. The van der Waals surface area contributed by atoms with Gasteiger partial charge in [-0.05, 0) is 36.2 Å². The Kier molecular flexibility index (Phi) is 5.81. The summed E-state index contributed by atoms with van der Waals surface area (Å²) in [5.41, 5.74) is 1.37. The van der Waals surface area contributed by atoms with E-state index in [0.717, 1.165) is 5.56 Å². The molecule has 0 unspecified atom stereocenters. The Morgan fingerprint density at radius 1 is 1.41 bits per heavy atom. The molecule has 0 atom stereocenters. The van der Waals surface area contributed by atoms with Crippen molar-refractivity contribution in [3.63, 3.8) is 0 Å². The van der Waals surface area contributed by atoms with Crippen molar-refractivity contribution in [3.05, 3.63) is 50.8 Å². The van der Waals surface area contributed by atoms with Crippen LogP contribution in [0.2, 0.25) is 10.0 Å². The molecule has 0 aliphatic heterocycles. The zero-order chi connectivity index (χ0) is 16.1. The van der Waals surface area contributed by atoms with Crippen LogP contribution in [0.1, 0.15) is 11.1 Å². The summed E-state index contributed by atoms with van der Waals surface area (Å²) >= 11 is 13.3. The molecule has 0 aliphatic rings. The average molecular weight is 354 g/mol. The van der Waals surface area contributed by atoms with Crippen molar-refractivity contribution in [3.8, 4) is 6.07 Å². The molecule has 4 nitrogen and oxygen atoms in total. The van der Waals surface area contributed by atoms with E-state index in [2.05, 4.69) is 5.32 Å². The predicted molar refractivity (Wildman–Crippen MR) is 90.5 cm³/mol. The summed E-state index contributed by atoms with van der Waals surface area (Å²) in [6, 6.07) is 9.00. The number of anilines is 1. The Bertz CT molecular complexity index is 724. The maximum Gasteiger partial charge on any atom is 0.239 e. The van der Waals surface area contributed by atoms with E-state index < -0.39 is 0 Å². The van der Waals surface area contributed by atoms with E-state index in [0.29, 0.717) is 27.2 Å². The fraction of sp³-hybridized carbons (Fsp3) is 0.200. The number of amides is 1. The van der Waals surface area contributed by atoms with Gasteiger partial charge in [-0.25, -0.2) is 0 Å². The molecule has 114 valence electrons. The third-order valence-electron chi connectivity index (χ3n) is 2.91. The van der Waals surface area contributed by atoms with E-state index >= 15 is 0 Å². The highest BCUT2D eigenvalue weighted by Gasteiger charge is 2.12. The first-order chi connectivity index (χ1) is 10.5. The number of nitrogens with zero attached hydrogens (tertiary/aromatic N) is 2. The second-order valence-electron chi connectivity index (χ2n) is 4.73. The van der Waals surface area contributed by atoms with Gasteiger partial charge in [0, 0.05) is 16.6 Å². The monoisotopic (exact) mass is 353 g/mol. The molecule has 0 saturated heterocycles. The number of likely N-dealkylation sites (N-methyl/N-ethyl adjacent to an activating group) is 1. The zero-order valence-electron chi connectivity index (χ0n) is 11.8. The van der Waals surface area contributed by atoms with Gasteiger partial charge in [0.15, 0.2) is 0 Å². The fourth-order valence-corrected chi connectivity index (χ4v) is 3.12. The highest BCUT2D eigenvalue weighted by atomic mass is 35.5. The van der Waals surface area contributed by atoms with Gasteiger partial charge in [-0.2, -0.15) is 5.26 Å². The van der Waals surface area contributed by atoms with Gasteiger partial charge in [-0.1, -0.05) is 29.3 Å². The average Bonchev–Trinajstić information content (AvgIpc) is 2.88. The lowest BCUT2D eigenvalue weighted by Crippen LogP contribution is -2.29.